The minimum Gasteiger partial charge on any atom is -0.486 e. The van der Waals surface area contributed by atoms with E-state index in [1.807, 2.05) is 7.05 Å². The molecule has 1 aromatic heterocycles. The Kier molecular flexibility index (Phi) is 6.45. The van der Waals surface area contributed by atoms with Crippen molar-refractivity contribution in [3.8, 4) is 5.75 Å². The van der Waals surface area contributed by atoms with Crippen LogP contribution in [0.5, 0.6) is 5.75 Å². The third kappa shape index (κ3) is 4.69. The third-order valence-electron chi connectivity index (χ3n) is 7.68. The molecule has 2 aliphatic heterocycles. The first-order chi connectivity index (χ1) is 17.5. The number of ether oxygens (including phenoxy) is 1. The van der Waals surface area contributed by atoms with Gasteiger partial charge in [-0.05, 0) is 58.8 Å². The van der Waals surface area contributed by atoms with E-state index in [9.17, 15) is 27.2 Å². The molecule has 5 rings (SSSR count). The van der Waals surface area contributed by atoms with Gasteiger partial charge in [-0.1, -0.05) is 12.1 Å². The summed E-state index contributed by atoms with van der Waals surface area (Å²) in [6, 6.07) is 4.86. The maximum atomic E-state index is 14.2. The molecule has 0 radical (unpaired) electrons. The fourth-order valence-corrected chi connectivity index (χ4v) is 5.18. The van der Waals surface area contributed by atoms with Gasteiger partial charge in [0.05, 0.1) is 22.9 Å². The van der Waals surface area contributed by atoms with Crippen molar-refractivity contribution in [2.45, 2.75) is 62.6 Å². The van der Waals surface area contributed by atoms with Crippen molar-refractivity contribution < 1.29 is 27.1 Å². The van der Waals surface area contributed by atoms with Crippen molar-refractivity contribution in [3.63, 3.8) is 0 Å². The smallest absolute Gasteiger partial charge is 0.310 e. The van der Waals surface area contributed by atoms with Crippen molar-refractivity contribution in [2.75, 3.05) is 32.1 Å². The summed E-state index contributed by atoms with van der Waals surface area (Å²) in [4.78, 5) is 28.6. The Hall–Kier alpha value is -3.08. The lowest BCUT2D eigenvalue weighted by Crippen LogP contribution is -2.40. The standard InChI is InChI=1S/C26H30F4N4O3/c1-15(17-4-3-5-19-22(17)37-14-26(19,29)30)31-23(36)18-13-34(25(8-9-25)24(27)28)21(35)12-20(18)32-16-6-10-33(2)11-7-16/h3-5,12-13,15-16,24,32H,6-11,14H2,1-2H3,(H,31,36). The number of rotatable bonds is 7. The first kappa shape index (κ1) is 25.6. The predicted molar refractivity (Wildman–Crippen MR) is 130 cm³/mol. The van der Waals surface area contributed by atoms with Crippen LogP contribution in [-0.2, 0) is 11.5 Å². The minimum atomic E-state index is -3.12. The number of halogens is 4. The number of likely N-dealkylation sites (tertiary alicyclic amines) is 1. The Morgan fingerprint density at radius 3 is 2.54 bits per heavy atom. The molecule has 1 saturated heterocycles. The van der Waals surface area contributed by atoms with E-state index in [0.29, 0.717) is 5.56 Å². The van der Waals surface area contributed by atoms with Crippen LogP contribution in [0.3, 0.4) is 0 Å². The zero-order chi connectivity index (χ0) is 26.5. The molecule has 0 spiro atoms. The van der Waals surface area contributed by atoms with Crippen molar-refractivity contribution in [1.82, 2.24) is 14.8 Å². The minimum absolute atomic E-state index is 0.00781. The van der Waals surface area contributed by atoms with E-state index in [0.717, 1.165) is 30.5 Å². The fourth-order valence-electron chi connectivity index (χ4n) is 5.18. The predicted octanol–water partition coefficient (Wildman–Crippen LogP) is 4.08. The molecule has 1 unspecified atom stereocenters. The van der Waals surface area contributed by atoms with E-state index in [2.05, 4.69) is 15.5 Å². The molecule has 11 heteroatoms. The Bertz CT molecular complexity index is 1250. The number of nitrogens with one attached hydrogen (secondary N) is 2. The van der Waals surface area contributed by atoms with Crippen LogP contribution in [0.25, 0.3) is 0 Å². The van der Waals surface area contributed by atoms with Gasteiger partial charge < -0.3 is 24.8 Å². The Morgan fingerprint density at radius 1 is 1.19 bits per heavy atom. The van der Waals surface area contributed by atoms with Crippen LogP contribution < -0.4 is 20.9 Å². The van der Waals surface area contributed by atoms with Crippen LogP contribution >= 0.6 is 0 Å². The highest BCUT2D eigenvalue weighted by atomic mass is 19.3. The van der Waals surface area contributed by atoms with Gasteiger partial charge in [0.2, 0.25) is 0 Å². The van der Waals surface area contributed by atoms with Gasteiger partial charge in [0.1, 0.15) is 11.3 Å². The molecule has 7 nitrogen and oxygen atoms in total. The summed E-state index contributed by atoms with van der Waals surface area (Å²) in [6.07, 6.45) is 0.329. The van der Waals surface area contributed by atoms with Crippen LogP contribution in [0.4, 0.5) is 23.2 Å². The van der Waals surface area contributed by atoms with Gasteiger partial charge in [-0.3, -0.25) is 9.59 Å². The topological polar surface area (TPSA) is 75.6 Å². The first-order valence-corrected chi connectivity index (χ1v) is 12.5. The summed E-state index contributed by atoms with van der Waals surface area (Å²) in [7, 11) is 2.01. The number of amides is 1. The van der Waals surface area contributed by atoms with E-state index in [4.69, 9.17) is 4.74 Å². The second kappa shape index (κ2) is 9.34. The molecule has 1 amide bonds. The van der Waals surface area contributed by atoms with Crippen LogP contribution in [0.1, 0.15) is 60.1 Å². The lowest BCUT2D eigenvalue weighted by Gasteiger charge is -2.31. The zero-order valence-electron chi connectivity index (χ0n) is 20.7. The molecule has 2 fully saturated rings. The number of anilines is 1. The Morgan fingerprint density at radius 2 is 1.89 bits per heavy atom. The number of piperidine rings is 1. The quantitative estimate of drug-likeness (QED) is 0.536. The molecule has 2 aromatic rings. The van der Waals surface area contributed by atoms with E-state index < -0.39 is 42.0 Å². The van der Waals surface area contributed by atoms with Gasteiger partial charge in [0.15, 0.2) is 6.61 Å². The molecule has 37 heavy (non-hydrogen) atoms. The maximum absolute atomic E-state index is 14.2. The molecule has 200 valence electrons. The third-order valence-corrected chi connectivity index (χ3v) is 7.68. The van der Waals surface area contributed by atoms with Gasteiger partial charge in [-0.2, -0.15) is 8.78 Å². The number of alkyl halides is 4. The molecule has 1 aromatic carbocycles. The van der Waals surface area contributed by atoms with E-state index >= 15 is 0 Å². The van der Waals surface area contributed by atoms with Crippen LogP contribution in [0.2, 0.25) is 0 Å². The normalized spacial score (nSPS) is 21.3. The number of nitrogens with zero attached hydrogens (tertiary/aromatic N) is 2. The van der Waals surface area contributed by atoms with Gasteiger partial charge in [-0.15, -0.1) is 0 Å². The van der Waals surface area contributed by atoms with Gasteiger partial charge in [-0.25, -0.2) is 8.78 Å². The SMILES string of the molecule is CC(NC(=O)c1cn(C2(C(F)F)CC2)c(=O)cc1NC1CCN(C)CC1)c1cccc2c1OCC2(F)F. The van der Waals surface area contributed by atoms with Gasteiger partial charge >= 0.3 is 5.92 Å². The number of benzene rings is 1. The second-order valence-corrected chi connectivity index (χ2v) is 10.3. The number of carbonyl (C=O) groups excluding carboxylic acids is 1. The number of carbonyl (C=O) groups is 1. The summed E-state index contributed by atoms with van der Waals surface area (Å²) >= 11 is 0. The summed E-state index contributed by atoms with van der Waals surface area (Å²) in [6.45, 7) is 2.54. The number of hydrogen-bond acceptors (Lipinski definition) is 5. The Labute approximate surface area is 211 Å². The molecule has 1 atom stereocenters. The van der Waals surface area contributed by atoms with E-state index in [-0.39, 0.29) is 41.4 Å². The highest BCUT2D eigenvalue weighted by molar-refractivity contribution is 5.99. The molecule has 0 bridgehead atoms. The number of para-hydroxylation sites is 1. The summed E-state index contributed by atoms with van der Waals surface area (Å²) in [5, 5.41) is 6.06. The van der Waals surface area contributed by atoms with Gasteiger partial charge in [0.25, 0.3) is 17.9 Å². The average Bonchev–Trinajstić information content (AvgIpc) is 3.60. The largest absolute Gasteiger partial charge is 0.486 e. The summed E-state index contributed by atoms with van der Waals surface area (Å²) < 4.78 is 62.2. The highest BCUT2D eigenvalue weighted by Crippen LogP contribution is 2.48. The summed E-state index contributed by atoms with van der Waals surface area (Å²) in [5.41, 5.74) is -1.75. The second-order valence-electron chi connectivity index (χ2n) is 10.3. The molecule has 2 N–H and O–H groups in total. The van der Waals surface area contributed by atoms with Crippen LogP contribution in [0, 0.1) is 0 Å². The van der Waals surface area contributed by atoms with Crippen molar-refractivity contribution in [2.24, 2.45) is 0 Å². The zero-order valence-corrected chi connectivity index (χ0v) is 20.7. The number of pyridine rings is 1. The fraction of sp³-hybridized carbons (Fsp3) is 0.538. The molecular formula is C26H30F4N4O3. The Balaban J connectivity index is 1.46. The average molecular weight is 523 g/mol. The number of aromatic nitrogens is 1. The van der Waals surface area contributed by atoms with Crippen molar-refractivity contribution >= 4 is 11.6 Å². The van der Waals surface area contributed by atoms with Crippen LogP contribution in [-0.4, -0.2) is 54.6 Å². The molecule has 3 heterocycles. The van der Waals surface area contributed by atoms with Crippen molar-refractivity contribution in [3.05, 3.63) is 57.5 Å². The maximum Gasteiger partial charge on any atom is 0.310 e. The van der Waals surface area contributed by atoms with Gasteiger partial charge in [0, 0.05) is 23.9 Å². The van der Waals surface area contributed by atoms with E-state index in [1.54, 1.807) is 13.0 Å². The van der Waals surface area contributed by atoms with Crippen LogP contribution in [0.15, 0.2) is 35.3 Å². The highest BCUT2D eigenvalue weighted by Gasteiger charge is 2.53. The lowest BCUT2D eigenvalue weighted by atomic mass is 10.0. The molecule has 3 aliphatic rings. The van der Waals surface area contributed by atoms with Crippen molar-refractivity contribution in [1.29, 1.82) is 0 Å². The summed E-state index contributed by atoms with van der Waals surface area (Å²) in [5.74, 6) is -3.70. The first-order valence-electron chi connectivity index (χ1n) is 12.5. The number of hydrogen-bond donors (Lipinski definition) is 2. The molecule has 1 aliphatic carbocycles. The monoisotopic (exact) mass is 522 g/mol. The lowest BCUT2D eigenvalue weighted by molar-refractivity contribution is -0.0214. The molecule has 1 saturated carbocycles. The molecular weight excluding hydrogens is 492 g/mol. The van der Waals surface area contributed by atoms with E-state index in [1.165, 1.54) is 24.4 Å². The number of fused-ring (bicyclic) bond motifs is 1.